The van der Waals surface area contributed by atoms with E-state index in [1.54, 1.807) is 30.5 Å². The minimum atomic E-state index is -0.159. The fourth-order valence-corrected chi connectivity index (χ4v) is 2.86. The van der Waals surface area contributed by atoms with Gasteiger partial charge in [-0.05, 0) is 51.8 Å². The average Bonchev–Trinajstić information content (AvgIpc) is 3.15. The number of rotatable bonds is 7. The number of furan rings is 1. The molecule has 0 saturated carbocycles. The van der Waals surface area contributed by atoms with Crippen LogP contribution in [0.3, 0.4) is 0 Å². The van der Waals surface area contributed by atoms with E-state index in [-0.39, 0.29) is 5.91 Å². The lowest BCUT2D eigenvalue weighted by molar-refractivity contribution is 0.0948. The Kier molecular flexibility index (Phi) is 5.90. The minimum absolute atomic E-state index is 0.159. The van der Waals surface area contributed by atoms with Crippen molar-refractivity contribution in [2.45, 2.75) is 13.0 Å². The van der Waals surface area contributed by atoms with Gasteiger partial charge in [0, 0.05) is 12.0 Å². The fourth-order valence-electron chi connectivity index (χ4n) is 2.37. The van der Waals surface area contributed by atoms with Crippen molar-refractivity contribution in [3.63, 3.8) is 0 Å². The third-order valence-corrected chi connectivity index (χ3v) is 4.31. The Labute approximate surface area is 154 Å². The topological polar surface area (TPSA) is 51.5 Å². The molecule has 0 atom stereocenters. The van der Waals surface area contributed by atoms with Crippen LogP contribution in [-0.2, 0) is 13.0 Å². The van der Waals surface area contributed by atoms with E-state index >= 15 is 0 Å². The summed E-state index contributed by atoms with van der Waals surface area (Å²) >= 11 is 3.47. The zero-order valence-electron chi connectivity index (χ0n) is 13.6. The van der Waals surface area contributed by atoms with Gasteiger partial charge in [0.05, 0.1) is 23.9 Å². The van der Waals surface area contributed by atoms with Gasteiger partial charge >= 0.3 is 0 Å². The third-order valence-electron chi connectivity index (χ3n) is 3.69. The standard InChI is InChI=1S/C20H18BrNO3/c21-18-13-16(20(23)22-14-17-7-4-11-24-17)8-9-19(18)25-12-10-15-5-2-1-3-6-15/h1-9,11,13H,10,12,14H2,(H,22,23). The van der Waals surface area contributed by atoms with Crippen molar-refractivity contribution in [3.8, 4) is 5.75 Å². The van der Waals surface area contributed by atoms with Gasteiger partial charge in [-0.3, -0.25) is 4.79 Å². The summed E-state index contributed by atoms with van der Waals surface area (Å²) in [6.45, 7) is 0.936. The van der Waals surface area contributed by atoms with Crippen LogP contribution in [0, 0.1) is 0 Å². The summed E-state index contributed by atoms with van der Waals surface area (Å²) in [7, 11) is 0. The van der Waals surface area contributed by atoms with E-state index in [0.717, 1.165) is 16.6 Å². The van der Waals surface area contributed by atoms with Crippen molar-refractivity contribution in [1.82, 2.24) is 5.32 Å². The molecule has 5 heteroatoms. The largest absolute Gasteiger partial charge is 0.492 e. The molecule has 0 bridgehead atoms. The molecule has 1 aromatic heterocycles. The number of benzene rings is 2. The van der Waals surface area contributed by atoms with Crippen molar-refractivity contribution >= 4 is 21.8 Å². The summed E-state index contributed by atoms with van der Waals surface area (Å²) in [5.74, 6) is 1.28. The SMILES string of the molecule is O=C(NCc1ccco1)c1ccc(OCCc2ccccc2)c(Br)c1. The van der Waals surface area contributed by atoms with Gasteiger partial charge < -0.3 is 14.5 Å². The normalized spacial score (nSPS) is 10.4. The second-order valence-electron chi connectivity index (χ2n) is 5.49. The van der Waals surface area contributed by atoms with Gasteiger partial charge in [0.15, 0.2) is 0 Å². The van der Waals surface area contributed by atoms with Gasteiger partial charge in [0.2, 0.25) is 0 Å². The first-order valence-electron chi connectivity index (χ1n) is 7.99. The van der Waals surface area contributed by atoms with E-state index in [4.69, 9.17) is 9.15 Å². The summed E-state index contributed by atoms with van der Waals surface area (Å²) in [6, 6.07) is 19.1. The summed E-state index contributed by atoms with van der Waals surface area (Å²) in [4.78, 5) is 12.2. The molecule has 3 aromatic rings. The van der Waals surface area contributed by atoms with Crippen LogP contribution in [0.25, 0.3) is 0 Å². The number of nitrogens with one attached hydrogen (secondary N) is 1. The molecular weight excluding hydrogens is 382 g/mol. The quantitative estimate of drug-likeness (QED) is 0.631. The molecule has 128 valence electrons. The first-order valence-corrected chi connectivity index (χ1v) is 8.78. The maximum absolute atomic E-state index is 12.2. The molecular formula is C20H18BrNO3. The highest BCUT2D eigenvalue weighted by molar-refractivity contribution is 9.10. The van der Waals surface area contributed by atoms with Crippen molar-refractivity contribution in [2.75, 3.05) is 6.61 Å². The van der Waals surface area contributed by atoms with Gasteiger partial charge in [-0.15, -0.1) is 0 Å². The molecule has 3 rings (SSSR count). The Morgan fingerprint density at radius 2 is 1.92 bits per heavy atom. The lowest BCUT2D eigenvalue weighted by atomic mass is 10.2. The molecule has 0 radical (unpaired) electrons. The Morgan fingerprint density at radius 1 is 1.08 bits per heavy atom. The van der Waals surface area contributed by atoms with Gasteiger partial charge in [0.25, 0.3) is 5.91 Å². The molecule has 0 aliphatic heterocycles. The first kappa shape index (κ1) is 17.3. The van der Waals surface area contributed by atoms with Gasteiger partial charge in [-0.2, -0.15) is 0 Å². The summed E-state index contributed by atoms with van der Waals surface area (Å²) in [6.07, 6.45) is 2.42. The van der Waals surface area contributed by atoms with E-state index < -0.39 is 0 Å². The van der Waals surface area contributed by atoms with Crippen LogP contribution in [-0.4, -0.2) is 12.5 Å². The second-order valence-corrected chi connectivity index (χ2v) is 6.35. The number of halogens is 1. The monoisotopic (exact) mass is 399 g/mol. The van der Waals surface area contributed by atoms with Crippen molar-refractivity contribution < 1.29 is 13.9 Å². The smallest absolute Gasteiger partial charge is 0.251 e. The van der Waals surface area contributed by atoms with Crippen molar-refractivity contribution in [2.24, 2.45) is 0 Å². The lowest BCUT2D eigenvalue weighted by Crippen LogP contribution is -2.22. The molecule has 0 fully saturated rings. The van der Waals surface area contributed by atoms with E-state index in [9.17, 15) is 4.79 Å². The molecule has 0 aliphatic carbocycles. The van der Waals surface area contributed by atoms with E-state index in [1.165, 1.54) is 5.56 Å². The molecule has 4 nitrogen and oxygen atoms in total. The molecule has 1 N–H and O–H groups in total. The highest BCUT2D eigenvalue weighted by atomic mass is 79.9. The lowest BCUT2D eigenvalue weighted by Gasteiger charge is -2.10. The molecule has 0 aliphatic rings. The predicted octanol–water partition coefficient (Wildman–Crippen LogP) is 4.59. The highest BCUT2D eigenvalue weighted by Crippen LogP contribution is 2.26. The molecule has 0 unspecified atom stereocenters. The Morgan fingerprint density at radius 3 is 2.64 bits per heavy atom. The maximum Gasteiger partial charge on any atom is 0.251 e. The second kappa shape index (κ2) is 8.53. The average molecular weight is 400 g/mol. The van der Waals surface area contributed by atoms with Crippen LogP contribution in [0.5, 0.6) is 5.75 Å². The van der Waals surface area contributed by atoms with Crippen LogP contribution in [0.4, 0.5) is 0 Å². The van der Waals surface area contributed by atoms with Crippen LogP contribution in [0.1, 0.15) is 21.7 Å². The van der Waals surface area contributed by atoms with Crippen LogP contribution >= 0.6 is 15.9 Å². The summed E-state index contributed by atoms with van der Waals surface area (Å²) in [5.41, 5.74) is 1.79. The number of amides is 1. The van der Waals surface area contributed by atoms with Gasteiger partial charge in [-0.1, -0.05) is 30.3 Å². The zero-order valence-corrected chi connectivity index (χ0v) is 15.2. The molecule has 1 heterocycles. The molecule has 0 saturated heterocycles. The molecule has 0 spiro atoms. The van der Waals surface area contributed by atoms with Crippen molar-refractivity contribution in [3.05, 3.63) is 88.3 Å². The fraction of sp³-hybridized carbons (Fsp3) is 0.150. The number of carbonyl (C=O) groups is 1. The van der Waals surface area contributed by atoms with Crippen molar-refractivity contribution in [1.29, 1.82) is 0 Å². The third kappa shape index (κ3) is 4.97. The van der Waals surface area contributed by atoms with Crippen LogP contribution < -0.4 is 10.1 Å². The van der Waals surface area contributed by atoms with E-state index in [0.29, 0.717) is 24.5 Å². The number of carbonyl (C=O) groups excluding carboxylic acids is 1. The minimum Gasteiger partial charge on any atom is -0.492 e. The number of hydrogen-bond donors (Lipinski definition) is 1. The number of hydrogen-bond acceptors (Lipinski definition) is 3. The maximum atomic E-state index is 12.2. The summed E-state index contributed by atoms with van der Waals surface area (Å²) < 4.78 is 11.8. The Bertz CT molecular complexity index is 816. The Hall–Kier alpha value is -2.53. The molecule has 1 amide bonds. The van der Waals surface area contributed by atoms with Crippen LogP contribution in [0.2, 0.25) is 0 Å². The highest BCUT2D eigenvalue weighted by Gasteiger charge is 2.10. The van der Waals surface area contributed by atoms with E-state index in [2.05, 4.69) is 33.4 Å². The first-order chi connectivity index (χ1) is 12.2. The molecule has 2 aromatic carbocycles. The van der Waals surface area contributed by atoms with Gasteiger partial charge in [0.1, 0.15) is 11.5 Å². The summed E-state index contributed by atoms with van der Waals surface area (Å²) in [5, 5.41) is 2.82. The predicted molar refractivity (Wildman–Crippen MR) is 99.7 cm³/mol. The zero-order chi connectivity index (χ0) is 17.5. The molecule has 25 heavy (non-hydrogen) atoms. The number of ether oxygens (including phenoxy) is 1. The van der Waals surface area contributed by atoms with Crippen LogP contribution in [0.15, 0.2) is 75.8 Å². The Balaban J connectivity index is 1.53. The van der Waals surface area contributed by atoms with Gasteiger partial charge in [-0.25, -0.2) is 0 Å². The van der Waals surface area contributed by atoms with E-state index in [1.807, 2.05) is 24.3 Å².